The molecule has 0 aromatic heterocycles. The van der Waals surface area contributed by atoms with Gasteiger partial charge in [0.05, 0.1) is 6.04 Å². The van der Waals surface area contributed by atoms with Gasteiger partial charge in [0.25, 0.3) is 0 Å². The van der Waals surface area contributed by atoms with Gasteiger partial charge in [-0.05, 0) is 38.0 Å². The molecule has 2 aliphatic carbocycles. The first kappa shape index (κ1) is 12.2. The average Bonchev–Trinajstić information content (AvgIpc) is 3.13. The third-order valence-electron chi connectivity index (χ3n) is 4.76. The number of fused-ring (bicyclic) bond motifs is 1. The van der Waals surface area contributed by atoms with Crippen molar-refractivity contribution >= 4 is 5.91 Å². The van der Waals surface area contributed by atoms with Crippen LogP contribution in [0.5, 0.6) is 0 Å². The van der Waals surface area contributed by atoms with Crippen LogP contribution in [-0.2, 0) is 4.79 Å². The van der Waals surface area contributed by atoms with Crippen LogP contribution in [0.3, 0.4) is 0 Å². The zero-order valence-corrected chi connectivity index (χ0v) is 11.1. The van der Waals surface area contributed by atoms with Crippen LogP contribution in [0.4, 0.5) is 0 Å². The van der Waals surface area contributed by atoms with Crippen LogP contribution in [0.15, 0.2) is 12.7 Å². The van der Waals surface area contributed by atoms with E-state index in [2.05, 4.69) is 11.9 Å². The highest BCUT2D eigenvalue weighted by Crippen LogP contribution is 2.35. The van der Waals surface area contributed by atoms with Gasteiger partial charge in [0.1, 0.15) is 0 Å². The molecule has 3 heteroatoms. The summed E-state index contributed by atoms with van der Waals surface area (Å²) in [5.74, 6) is 1.07. The molecule has 3 aliphatic rings. The maximum absolute atomic E-state index is 12.6. The molecule has 0 radical (unpaired) electrons. The zero-order chi connectivity index (χ0) is 12.5. The van der Waals surface area contributed by atoms with Crippen molar-refractivity contribution in [1.29, 1.82) is 0 Å². The van der Waals surface area contributed by atoms with Gasteiger partial charge in [-0.3, -0.25) is 4.79 Å². The van der Waals surface area contributed by atoms with Crippen LogP contribution in [0.1, 0.15) is 44.9 Å². The highest BCUT2D eigenvalue weighted by Gasteiger charge is 2.42. The molecule has 0 aromatic carbocycles. The summed E-state index contributed by atoms with van der Waals surface area (Å²) in [5, 5.41) is 3.59. The van der Waals surface area contributed by atoms with E-state index in [0.29, 0.717) is 18.0 Å². The molecular formula is C15H24N2O. The summed E-state index contributed by atoms with van der Waals surface area (Å²) in [6, 6.07) is 1.19. The molecule has 3 unspecified atom stereocenters. The molecule has 18 heavy (non-hydrogen) atoms. The lowest BCUT2D eigenvalue weighted by Crippen LogP contribution is -2.46. The summed E-state index contributed by atoms with van der Waals surface area (Å²) in [4.78, 5) is 14.6. The van der Waals surface area contributed by atoms with Crippen LogP contribution in [0, 0.1) is 5.92 Å². The van der Waals surface area contributed by atoms with E-state index in [0.717, 1.165) is 18.9 Å². The molecule has 0 aromatic rings. The van der Waals surface area contributed by atoms with Gasteiger partial charge in [0.15, 0.2) is 0 Å². The molecule has 0 spiro atoms. The number of hydrogen-bond acceptors (Lipinski definition) is 2. The fraction of sp³-hybridized carbons (Fsp3) is 0.800. The lowest BCUT2D eigenvalue weighted by atomic mass is 9.85. The van der Waals surface area contributed by atoms with E-state index in [-0.39, 0.29) is 6.04 Å². The van der Waals surface area contributed by atoms with Crippen LogP contribution in [0.25, 0.3) is 0 Å². The molecule has 3 atom stereocenters. The first-order valence-corrected chi connectivity index (χ1v) is 7.47. The molecule has 3 rings (SSSR count). The van der Waals surface area contributed by atoms with Gasteiger partial charge in [0.2, 0.25) is 5.91 Å². The highest BCUT2D eigenvalue weighted by atomic mass is 16.2. The van der Waals surface area contributed by atoms with Gasteiger partial charge in [-0.25, -0.2) is 0 Å². The van der Waals surface area contributed by atoms with Crippen molar-refractivity contribution in [3.63, 3.8) is 0 Å². The fourth-order valence-corrected chi connectivity index (χ4v) is 3.65. The minimum atomic E-state index is 0.0821. The van der Waals surface area contributed by atoms with Crippen molar-refractivity contribution in [3.05, 3.63) is 12.7 Å². The van der Waals surface area contributed by atoms with Gasteiger partial charge in [-0.2, -0.15) is 0 Å². The Balaban J connectivity index is 1.63. The van der Waals surface area contributed by atoms with Crippen molar-refractivity contribution < 1.29 is 4.79 Å². The molecule has 3 fully saturated rings. The quantitative estimate of drug-likeness (QED) is 0.773. The molecule has 1 amide bonds. The average molecular weight is 248 g/mol. The number of amides is 1. The van der Waals surface area contributed by atoms with Gasteiger partial charge in [-0.15, -0.1) is 6.58 Å². The van der Waals surface area contributed by atoms with E-state index in [4.69, 9.17) is 0 Å². The number of hydrogen-bond donors (Lipinski definition) is 1. The Morgan fingerprint density at radius 3 is 2.72 bits per heavy atom. The van der Waals surface area contributed by atoms with E-state index >= 15 is 0 Å². The Bertz CT molecular complexity index is 323. The minimum absolute atomic E-state index is 0.0821. The lowest BCUT2D eigenvalue weighted by molar-refractivity contribution is -0.133. The Kier molecular flexibility index (Phi) is 3.42. The number of carbonyl (C=O) groups is 1. The summed E-state index contributed by atoms with van der Waals surface area (Å²) < 4.78 is 0. The van der Waals surface area contributed by atoms with Crippen LogP contribution >= 0.6 is 0 Å². The Labute approximate surface area is 110 Å². The number of nitrogens with zero attached hydrogens (tertiary/aromatic N) is 1. The maximum atomic E-state index is 12.6. The van der Waals surface area contributed by atoms with Crippen molar-refractivity contribution in [1.82, 2.24) is 10.2 Å². The monoisotopic (exact) mass is 248 g/mol. The Hall–Kier alpha value is -0.830. The fourth-order valence-electron chi connectivity index (χ4n) is 3.65. The maximum Gasteiger partial charge on any atom is 0.240 e. The largest absolute Gasteiger partial charge is 0.335 e. The standard InChI is InChI=1S/C15H24N2O/c1-2-9-17(12-7-8-12)15(18)14-10-11-5-3-4-6-13(11)16-14/h2,11-14,16H,1,3-10H2. The number of rotatable bonds is 4. The van der Waals surface area contributed by atoms with Crippen LogP contribution in [0.2, 0.25) is 0 Å². The Morgan fingerprint density at radius 1 is 1.28 bits per heavy atom. The van der Waals surface area contributed by atoms with E-state index in [1.54, 1.807) is 0 Å². The van der Waals surface area contributed by atoms with Crippen molar-refractivity contribution in [3.8, 4) is 0 Å². The van der Waals surface area contributed by atoms with Gasteiger partial charge >= 0.3 is 0 Å². The minimum Gasteiger partial charge on any atom is -0.335 e. The molecule has 0 bridgehead atoms. The first-order valence-electron chi connectivity index (χ1n) is 7.47. The highest BCUT2D eigenvalue weighted by molar-refractivity contribution is 5.83. The van der Waals surface area contributed by atoms with E-state index in [1.807, 2.05) is 11.0 Å². The van der Waals surface area contributed by atoms with Crippen molar-refractivity contribution in [2.75, 3.05) is 6.54 Å². The zero-order valence-electron chi connectivity index (χ0n) is 11.1. The van der Waals surface area contributed by atoms with Crippen LogP contribution < -0.4 is 5.32 Å². The molecule has 100 valence electrons. The SMILES string of the molecule is C=CCN(C(=O)C1CC2CCCCC2N1)C1CC1. The molecular weight excluding hydrogens is 224 g/mol. The van der Waals surface area contributed by atoms with Gasteiger partial charge in [-0.1, -0.05) is 18.9 Å². The second kappa shape index (κ2) is 5.04. The lowest BCUT2D eigenvalue weighted by Gasteiger charge is -2.25. The topological polar surface area (TPSA) is 32.3 Å². The second-order valence-corrected chi connectivity index (χ2v) is 6.12. The first-order chi connectivity index (χ1) is 8.79. The third-order valence-corrected chi connectivity index (χ3v) is 4.76. The van der Waals surface area contributed by atoms with Crippen LogP contribution in [-0.4, -0.2) is 35.5 Å². The Morgan fingerprint density at radius 2 is 2.06 bits per heavy atom. The number of nitrogens with one attached hydrogen (secondary N) is 1. The molecule has 1 aliphatic heterocycles. The van der Waals surface area contributed by atoms with Crippen molar-refractivity contribution in [2.24, 2.45) is 5.92 Å². The van der Waals surface area contributed by atoms with E-state index in [1.165, 1.54) is 38.5 Å². The molecule has 3 nitrogen and oxygen atoms in total. The second-order valence-electron chi connectivity index (χ2n) is 6.12. The molecule has 1 N–H and O–H groups in total. The van der Waals surface area contributed by atoms with Gasteiger partial charge in [0, 0.05) is 18.6 Å². The molecule has 1 heterocycles. The van der Waals surface area contributed by atoms with E-state index < -0.39 is 0 Å². The summed E-state index contributed by atoms with van der Waals surface area (Å²) in [6.07, 6.45) is 10.5. The number of carbonyl (C=O) groups excluding carboxylic acids is 1. The van der Waals surface area contributed by atoms with E-state index in [9.17, 15) is 4.79 Å². The van der Waals surface area contributed by atoms with Crippen molar-refractivity contribution in [2.45, 2.75) is 63.1 Å². The summed E-state index contributed by atoms with van der Waals surface area (Å²) in [7, 11) is 0. The van der Waals surface area contributed by atoms with Gasteiger partial charge < -0.3 is 10.2 Å². The predicted octanol–water partition coefficient (Wildman–Crippen LogP) is 2.08. The summed E-state index contributed by atoms with van der Waals surface area (Å²) in [5.41, 5.74) is 0. The summed E-state index contributed by atoms with van der Waals surface area (Å²) in [6.45, 7) is 4.50. The third kappa shape index (κ3) is 2.33. The molecule has 1 saturated heterocycles. The predicted molar refractivity (Wildman–Crippen MR) is 72.2 cm³/mol. The molecule has 2 saturated carbocycles. The smallest absolute Gasteiger partial charge is 0.240 e. The summed E-state index contributed by atoms with van der Waals surface area (Å²) >= 11 is 0. The normalized spacial score (nSPS) is 35.0.